The largest absolute Gasteiger partial charge is 0.384 e. The minimum absolute atomic E-state index is 0.250. The predicted molar refractivity (Wildman–Crippen MR) is 62.5 cm³/mol. The first kappa shape index (κ1) is 11.6. The second kappa shape index (κ2) is 3.84. The molecule has 0 saturated carbocycles. The normalized spacial score (nSPS) is 11.8. The fourth-order valence-electron chi connectivity index (χ4n) is 1.61. The van der Waals surface area contributed by atoms with E-state index in [1.165, 1.54) is 38.2 Å². The lowest BCUT2D eigenvalue weighted by Gasteiger charge is -2.16. The van der Waals surface area contributed by atoms with Crippen molar-refractivity contribution in [3.63, 3.8) is 0 Å². The molecule has 3 nitrogen and oxygen atoms in total. The molecule has 0 aliphatic heterocycles. The molecular weight excluding hydrogens is 224 g/mol. The molecule has 0 amide bonds. The fourth-order valence-corrected chi connectivity index (χ4v) is 1.61. The molecule has 2 aromatic rings. The van der Waals surface area contributed by atoms with Crippen LogP contribution in [0.3, 0.4) is 0 Å². The van der Waals surface area contributed by atoms with E-state index in [1.54, 1.807) is 0 Å². The Morgan fingerprint density at radius 1 is 1.29 bits per heavy atom. The van der Waals surface area contributed by atoms with Gasteiger partial charge in [0.25, 0.3) is 0 Å². The number of alkyl halides is 1. The molecule has 0 radical (unpaired) electrons. The Kier molecular flexibility index (Phi) is 2.61. The van der Waals surface area contributed by atoms with Gasteiger partial charge in [-0.1, -0.05) is 6.07 Å². The Labute approximate surface area is 97.7 Å². The number of nitrogens with zero attached hydrogens (tertiary/aromatic N) is 1. The zero-order chi connectivity index (χ0) is 12.6. The topological polar surface area (TPSA) is 54.7 Å². The number of hydrogen-bond acceptors (Lipinski definition) is 2. The molecule has 1 aromatic heterocycles. The van der Waals surface area contributed by atoms with Gasteiger partial charge in [0.2, 0.25) is 0 Å². The minimum Gasteiger partial charge on any atom is -0.384 e. The van der Waals surface area contributed by atoms with Gasteiger partial charge in [-0.25, -0.2) is 8.78 Å². The van der Waals surface area contributed by atoms with Gasteiger partial charge >= 0.3 is 0 Å². The lowest BCUT2D eigenvalue weighted by molar-refractivity contribution is 0.221. The lowest BCUT2D eigenvalue weighted by Crippen LogP contribution is -2.09. The summed E-state index contributed by atoms with van der Waals surface area (Å²) in [5, 5.41) is 6.24. The number of nitrogens with two attached hydrogens (primary N) is 1. The minimum atomic E-state index is -1.53. The van der Waals surface area contributed by atoms with Crippen LogP contribution in [0.5, 0.6) is 0 Å². The Morgan fingerprint density at radius 3 is 2.53 bits per heavy atom. The molecule has 0 aliphatic carbocycles. The highest BCUT2D eigenvalue weighted by Crippen LogP contribution is 2.32. The van der Waals surface area contributed by atoms with Crippen molar-refractivity contribution in [2.24, 2.45) is 0 Å². The third-order valence-corrected chi connectivity index (χ3v) is 2.61. The maximum atomic E-state index is 13.8. The van der Waals surface area contributed by atoms with Crippen molar-refractivity contribution >= 4 is 5.82 Å². The van der Waals surface area contributed by atoms with Crippen LogP contribution in [0, 0.1) is 5.82 Å². The van der Waals surface area contributed by atoms with Gasteiger partial charge in [0.1, 0.15) is 17.3 Å². The van der Waals surface area contributed by atoms with E-state index in [-0.39, 0.29) is 11.4 Å². The summed E-state index contributed by atoms with van der Waals surface area (Å²) >= 11 is 0. The van der Waals surface area contributed by atoms with Gasteiger partial charge in [0.05, 0.1) is 6.20 Å². The molecule has 1 heterocycles. The highest BCUT2D eigenvalue weighted by molar-refractivity contribution is 5.74. The van der Waals surface area contributed by atoms with E-state index in [4.69, 9.17) is 5.73 Å². The van der Waals surface area contributed by atoms with Crippen molar-refractivity contribution in [3.05, 3.63) is 35.8 Å². The molecule has 0 fully saturated rings. The van der Waals surface area contributed by atoms with Crippen LogP contribution in [0.1, 0.15) is 19.4 Å². The molecule has 5 heteroatoms. The molecule has 1 aromatic carbocycles. The van der Waals surface area contributed by atoms with Crippen LogP contribution in [0.2, 0.25) is 0 Å². The summed E-state index contributed by atoms with van der Waals surface area (Å²) in [6.45, 7) is 2.84. The second-order valence-electron chi connectivity index (χ2n) is 4.36. The van der Waals surface area contributed by atoms with Crippen molar-refractivity contribution < 1.29 is 8.78 Å². The van der Waals surface area contributed by atoms with Gasteiger partial charge in [0, 0.05) is 11.1 Å². The molecule has 0 spiro atoms. The summed E-state index contributed by atoms with van der Waals surface area (Å²) in [7, 11) is 0. The van der Waals surface area contributed by atoms with Gasteiger partial charge in [-0.15, -0.1) is 0 Å². The standard InChI is InChI=1S/C12H13F2N3/c1-12(2,14)7-3-4-10(13)8(5-7)9-6-16-17-11(9)15/h3-6H,1-2H3,(H3,15,16,17). The SMILES string of the molecule is CC(C)(F)c1ccc(F)c(-c2cn[nH]c2N)c1. The first-order valence-electron chi connectivity index (χ1n) is 5.18. The van der Waals surface area contributed by atoms with E-state index in [0.717, 1.165) is 0 Å². The third kappa shape index (κ3) is 2.13. The maximum Gasteiger partial charge on any atom is 0.131 e. The molecule has 0 aliphatic rings. The van der Waals surface area contributed by atoms with E-state index in [1.807, 2.05) is 0 Å². The maximum absolute atomic E-state index is 13.8. The van der Waals surface area contributed by atoms with Gasteiger partial charge in [0.15, 0.2) is 0 Å². The number of halogens is 2. The predicted octanol–water partition coefficient (Wildman–Crippen LogP) is 3.00. The van der Waals surface area contributed by atoms with Crippen LogP contribution in [0.4, 0.5) is 14.6 Å². The second-order valence-corrected chi connectivity index (χ2v) is 4.36. The van der Waals surface area contributed by atoms with Crippen molar-refractivity contribution in [1.29, 1.82) is 0 Å². The molecule has 0 saturated heterocycles. The number of benzene rings is 1. The summed E-state index contributed by atoms with van der Waals surface area (Å²) in [5.41, 5.74) is 5.18. The smallest absolute Gasteiger partial charge is 0.131 e. The van der Waals surface area contributed by atoms with Gasteiger partial charge in [-0.2, -0.15) is 5.10 Å². The fraction of sp³-hybridized carbons (Fsp3) is 0.250. The lowest BCUT2D eigenvalue weighted by atomic mass is 9.96. The van der Waals surface area contributed by atoms with Crippen molar-refractivity contribution in [3.8, 4) is 11.1 Å². The number of aromatic amines is 1. The Balaban J connectivity index is 2.58. The first-order valence-corrected chi connectivity index (χ1v) is 5.18. The number of H-pyrrole nitrogens is 1. The van der Waals surface area contributed by atoms with Crippen molar-refractivity contribution in [1.82, 2.24) is 10.2 Å². The van der Waals surface area contributed by atoms with Crippen molar-refractivity contribution in [2.75, 3.05) is 5.73 Å². The average Bonchev–Trinajstić information content (AvgIpc) is 2.63. The Hall–Kier alpha value is -1.91. The molecule has 0 unspecified atom stereocenters. The molecule has 0 atom stereocenters. The number of rotatable bonds is 2. The highest BCUT2D eigenvalue weighted by atomic mass is 19.1. The Bertz CT molecular complexity index is 541. The third-order valence-electron chi connectivity index (χ3n) is 2.61. The summed E-state index contributed by atoms with van der Waals surface area (Å²) in [6.07, 6.45) is 1.42. The van der Waals surface area contributed by atoms with Crippen LogP contribution in [0.25, 0.3) is 11.1 Å². The number of aromatic nitrogens is 2. The van der Waals surface area contributed by atoms with Crippen LogP contribution >= 0.6 is 0 Å². The molecule has 0 bridgehead atoms. The average molecular weight is 237 g/mol. The highest BCUT2D eigenvalue weighted by Gasteiger charge is 2.21. The summed E-state index contributed by atoms with van der Waals surface area (Å²) < 4.78 is 27.5. The van der Waals surface area contributed by atoms with E-state index >= 15 is 0 Å². The van der Waals surface area contributed by atoms with Gasteiger partial charge in [-0.05, 0) is 31.5 Å². The van der Waals surface area contributed by atoms with E-state index in [9.17, 15) is 8.78 Å². The van der Waals surface area contributed by atoms with Crippen LogP contribution < -0.4 is 5.73 Å². The summed E-state index contributed by atoms with van der Waals surface area (Å²) in [4.78, 5) is 0. The molecular formula is C12H13F2N3. The van der Waals surface area contributed by atoms with Gasteiger partial charge in [-0.3, -0.25) is 5.10 Å². The molecule has 17 heavy (non-hydrogen) atoms. The first-order chi connectivity index (χ1) is 7.89. The molecule has 3 N–H and O–H groups in total. The zero-order valence-electron chi connectivity index (χ0n) is 9.59. The van der Waals surface area contributed by atoms with E-state index < -0.39 is 11.5 Å². The molecule has 2 rings (SSSR count). The number of nitrogen functional groups attached to an aromatic ring is 1. The summed E-state index contributed by atoms with van der Waals surface area (Å²) in [5.74, 6) is -0.191. The number of hydrogen-bond donors (Lipinski definition) is 2. The van der Waals surface area contributed by atoms with Crippen molar-refractivity contribution in [2.45, 2.75) is 19.5 Å². The van der Waals surface area contributed by atoms with Crippen LogP contribution in [-0.4, -0.2) is 10.2 Å². The number of anilines is 1. The zero-order valence-corrected chi connectivity index (χ0v) is 9.59. The van der Waals surface area contributed by atoms with E-state index in [2.05, 4.69) is 10.2 Å². The molecule has 90 valence electrons. The Morgan fingerprint density at radius 2 is 2.00 bits per heavy atom. The van der Waals surface area contributed by atoms with Crippen LogP contribution in [0.15, 0.2) is 24.4 Å². The number of nitrogens with one attached hydrogen (secondary N) is 1. The van der Waals surface area contributed by atoms with Crippen LogP contribution in [-0.2, 0) is 5.67 Å². The van der Waals surface area contributed by atoms with E-state index in [0.29, 0.717) is 11.1 Å². The quantitative estimate of drug-likeness (QED) is 0.843. The monoisotopic (exact) mass is 237 g/mol. The van der Waals surface area contributed by atoms with Gasteiger partial charge < -0.3 is 5.73 Å². The summed E-state index contributed by atoms with van der Waals surface area (Å²) in [6, 6.07) is 4.12.